The summed E-state index contributed by atoms with van der Waals surface area (Å²) in [5, 5.41) is 5.23. The quantitative estimate of drug-likeness (QED) is 0.312. The molecule has 2 N–H and O–H groups in total. The molecular weight excluding hydrogens is 522 g/mol. The highest BCUT2D eigenvalue weighted by atomic mass is 16.6. The average Bonchev–Trinajstić information content (AvgIpc) is 3.47. The van der Waals surface area contributed by atoms with Gasteiger partial charge in [0.2, 0.25) is 5.91 Å². The molecule has 1 fully saturated rings. The third kappa shape index (κ3) is 6.81. The second-order valence-corrected chi connectivity index (χ2v) is 10.1. The van der Waals surface area contributed by atoms with Gasteiger partial charge in [-0.15, -0.1) is 0 Å². The van der Waals surface area contributed by atoms with Crippen molar-refractivity contribution in [2.75, 3.05) is 25.5 Å². The van der Waals surface area contributed by atoms with E-state index in [1.807, 2.05) is 30.3 Å². The van der Waals surface area contributed by atoms with Crippen LogP contribution in [0.2, 0.25) is 0 Å². The number of ether oxygens (including phenoxy) is 3. The molecule has 0 spiro atoms. The Hall–Kier alpha value is -4.75. The Morgan fingerprint density at radius 1 is 1.07 bits per heavy atom. The molecule has 2 atom stereocenters. The maximum atomic E-state index is 13.5. The summed E-state index contributed by atoms with van der Waals surface area (Å²) >= 11 is 0. The van der Waals surface area contributed by atoms with Gasteiger partial charge in [0.1, 0.15) is 31.1 Å². The summed E-state index contributed by atoms with van der Waals surface area (Å²) in [6, 6.07) is 7.88. The van der Waals surface area contributed by atoms with Crippen molar-refractivity contribution < 1.29 is 33.4 Å². The van der Waals surface area contributed by atoms with Gasteiger partial charge < -0.3 is 29.0 Å². The van der Waals surface area contributed by atoms with Crippen molar-refractivity contribution in [3.8, 4) is 0 Å². The predicted molar refractivity (Wildman–Crippen MR) is 141 cm³/mol. The van der Waals surface area contributed by atoms with Gasteiger partial charge in [-0.1, -0.05) is 30.3 Å². The Morgan fingerprint density at radius 3 is 2.52 bits per heavy atom. The molecule has 1 aliphatic rings. The molecule has 0 saturated carbocycles. The number of rotatable bonds is 8. The van der Waals surface area contributed by atoms with Crippen LogP contribution in [0, 0.1) is 0 Å². The van der Waals surface area contributed by atoms with E-state index >= 15 is 0 Å². The number of nitrogens with one attached hydrogen (secondary N) is 2. The maximum Gasteiger partial charge on any atom is 0.413 e. The first kappa shape index (κ1) is 28.3. The molecule has 0 unspecified atom stereocenters. The molecule has 4 rings (SSSR count). The summed E-state index contributed by atoms with van der Waals surface area (Å²) in [7, 11) is 1.23. The first-order valence-electron chi connectivity index (χ1n) is 12.5. The average molecular weight is 554 g/mol. The normalized spacial score (nSPS) is 17.0. The van der Waals surface area contributed by atoms with Crippen LogP contribution in [0.15, 0.2) is 43.0 Å². The van der Waals surface area contributed by atoms with Crippen LogP contribution in [0.5, 0.6) is 0 Å². The second-order valence-electron chi connectivity index (χ2n) is 10.1. The fourth-order valence-electron chi connectivity index (χ4n) is 4.24. The number of fused-ring (bicyclic) bond motifs is 1. The van der Waals surface area contributed by atoms with Crippen molar-refractivity contribution in [2.45, 2.75) is 51.5 Å². The zero-order valence-electron chi connectivity index (χ0n) is 22.6. The number of esters is 1. The van der Waals surface area contributed by atoms with Gasteiger partial charge >= 0.3 is 18.2 Å². The highest BCUT2D eigenvalue weighted by Gasteiger charge is 2.42. The van der Waals surface area contributed by atoms with Gasteiger partial charge in [-0.3, -0.25) is 14.9 Å². The number of hydrogen-bond acceptors (Lipinski definition) is 10. The van der Waals surface area contributed by atoms with Gasteiger partial charge in [-0.2, -0.15) is 0 Å². The highest BCUT2D eigenvalue weighted by molar-refractivity contribution is 5.94. The van der Waals surface area contributed by atoms with Gasteiger partial charge in [0, 0.05) is 6.54 Å². The number of carbonyl (C=O) groups excluding carboxylic acids is 4. The van der Waals surface area contributed by atoms with Gasteiger partial charge in [0.25, 0.3) is 0 Å². The number of likely N-dealkylation sites (tertiary alicyclic amines) is 1. The molecule has 212 valence electrons. The number of imidazole rings is 1. The Morgan fingerprint density at radius 2 is 1.82 bits per heavy atom. The molecular formula is C26H31N7O7. The van der Waals surface area contributed by atoms with Gasteiger partial charge in [0.15, 0.2) is 17.0 Å². The van der Waals surface area contributed by atoms with Gasteiger partial charge in [0.05, 0.1) is 19.5 Å². The molecule has 1 aliphatic heterocycles. The minimum atomic E-state index is -0.784. The van der Waals surface area contributed by atoms with E-state index in [2.05, 4.69) is 25.6 Å². The zero-order chi connectivity index (χ0) is 28.9. The molecule has 2 aromatic heterocycles. The molecule has 0 aliphatic carbocycles. The fourth-order valence-corrected chi connectivity index (χ4v) is 4.24. The third-order valence-corrected chi connectivity index (χ3v) is 6.04. The third-order valence-electron chi connectivity index (χ3n) is 6.04. The van der Waals surface area contributed by atoms with Gasteiger partial charge in [-0.05, 0) is 32.8 Å². The van der Waals surface area contributed by atoms with E-state index < -0.39 is 35.8 Å². The van der Waals surface area contributed by atoms with E-state index in [1.54, 1.807) is 25.3 Å². The van der Waals surface area contributed by atoms with E-state index in [1.165, 1.54) is 24.7 Å². The van der Waals surface area contributed by atoms with Crippen LogP contribution < -0.4 is 10.6 Å². The SMILES string of the molecule is COC(=O)CN1C(=O)[C@H](n2cnc3c(NC(=O)OCc4ccccc4)ncnc32)C[C@H]1CNC(=O)OC(C)(C)C. The van der Waals surface area contributed by atoms with Crippen molar-refractivity contribution in [2.24, 2.45) is 0 Å². The summed E-state index contributed by atoms with van der Waals surface area (Å²) in [4.78, 5) is 64.2. The van der Waals surface area contributed by atoms with Crippen LogP contribution >= 0.6 is 0 Å². The predicted octanol–water partition coefficient (Wildman–Crippen LogP) is 2.41. The van der Waals surface area contributed by atoms with Gasteiger partial charge in [-0.25, -0.2) is 24.5 Å². The lowest BCUT2D eigenvalue weighted by atomic mass is 10.1. The van der Waals surface area contributed by atoms with Crippen LogP contribution in [-0.2, 0) is 30.4 Å². The van der Waals surface area contributed by atoms with E-state index in [0.29, 0.717) is 5.65 Å². The van der Waals surface area contributed by atoms with Crippen molar-refractivity contribution >= 4 is 41.0 Å². The van der Waals surface area contributed by atoms with Crippen molar-refractivity contribution in [3.63, 3.8) is 0 Å². The first-order valence-corrected chi connectivity index (χ1v) is 12.5. The number of anilines is 1. The molecule has 1 aromatic carbocycles. The Bertz CT molecular complexity index is 1390. The molecule has 1 saturated heterocycles. The topological polar surface area (TPSA) is 167 Å². The summed E-state index contributed by atoms with van der Waals surface area (Å²) in [6.07, 6.45) is 1.52. The smallest absolute Gasteiger partial charge is 0.413 e. The lowest BCUT2D eigenvalue weighted by Gasteiger charge is -2.25. The van der Waals surface area contributed by atoms with Crippen LogP contribution in [0.3, 0.4) is 0 Å². The number of nitrogens with zero attached hydrogens (tertiary/aromatic N) is 5. The Kier molecular flexibility index (Phi) is 8.46. The molecule has 0 bridgehead atoms. The zero-order valence-corrected chi connectivity index (χ0v) is 22.6. The molecule has 3 amide bonds. The number of hydrogen-bond donors (Lipinski definition) is 2. The Labute approximate surface area is 230 Å². The summed E-state index contributed by atoms with van der Waals surface area (Å²) < 4.78 is 16.9. The minimum absolute atomic E-state index is 0.0514. The number of benzene rings is 1. The van der Waals surface area contributed by atoms with Crippen LogP contribution in [-0.4, -0.2) is 80.3 Å². The van der Waals surface area contributed by atoms with Crippen LogP contribution in [0.4, 0.5) is 15.4 Å². The number of methoxy groups -OCH3 is 1. The number of alkyl carbamates (subject to hydrolysis) is 1. The second kappa shape index (κ2) is 12.0. The summed E-state index contributed by atoms with van der Waals surface area (Å²) in [5.41, 5.74) is 0.674. The highest BCUT2D eigenvalue weighted by Crippen LogP contribution is 2.32. The van der Waals surface area contributed by atoms with E-state index in [-0.39, 0.29) is 43.4 Å². The number of carbonyl (C=O) groups is 4. The maximum absolute atomic E-state index is 13.5. The molecule has 3 heterocycles. The monoisotopic (exact) mass is 553 g/mol. The molecule has 14 heteroatoms. The van der Waals surface area contributed by atoms with Crippen molar-refractivity contribution in [1.82, 2.24) is 29.7 Å². The van der Waals surface area contributed by atoms with E-state index in [9.17, 15) is 19.2 Å². The summed E-state index contributed by atoms with van der Waals surface area (Å²) in [5.74, 6) is -0.868. The Balaban J connectivity index is 1.50. The molecule has 3 aromatic rings. The lowest BCUT2D eigenvalue weighted by Crippen LogP contribution is -2.45. The van der Waals surface area contributed by atoms with E-state index in [0.717, 1.165) is 5.56 Å². The molecule has 14 nitrogen and oxygen atoms in total. The van der Waals surface area contributed by atoms with Crippen LogP contribution in [0.25, 0.3) is 11.2 Å². The fraction of sp³-hybridized carbons (Fsp3) is 0.423. The number of aromatic nitrogens is 4. The lowest BCUT2D eigenvalue weighted by molar-refractivity contribution is -0.147. The number of amides is 3. The van der Waals surface area contributed by atoms with Crippen molar-refractivity contribution in [1.29, 1.82) is 0 Å². The summed E-state index contributed by atoms with van der Waals surface area (Å²) in [6.45, 7) is 5.04. The van der Waals surface area contributed by atoms with E-state index in [4.69, 9.17) is 14.2 Å². The van der Waals surface area contributed by atoms with Crippen molar-refractivity contribution in [3.05, 3.63) is 48.5 Å². The minimum Gasteiger partial charge on any atom is -0.468 e. The van der Waals surface area contributed by atoms with Crippen LogP contribution in [0.1, 0.15) is 38.8 Å². The largest absolute Gasteiger partial charge is 0.468 e. The molecule has 0 radical (unpaired) electrons. The molecule has 40 heavy (non-hydrogen) atoms. The first-order chi connectivity index (χ1) is 19.1. The standard InChI is InChI=1S/C26H31N7O7/c1-26(2,3)40-24(36)27-11-17-10-18(23(35)32(17)12-19(34)38-4)33-15-30-20-21(28-14-29-22(20)33)31-25(37)39-13-16-8-6-5-7-9-16/h5-9,14-15,17-18H,10-13H2,1-4H3,(H,27,36)(H,28,29,31,37)/t17-,18+/m0/s1.